The molecule has 1 N–H and O–H groups in total. The number of nitrogens with one attached hydrogen (secondary N) is 1. The monoisotopic (exact) mass is 246 g/mol. The van der Waals surface area contributed by atoms with Gasteiger partial charge in [-0.2, -0.15) is 0 Å². The van der Waals surface area contributed by atoms with Crippen LogP contribution >= 0.6 is 11.3 Å². The van der Waals surface area contributed by atoms with E-state index in [1.807, 2.05) is 13.8 Å². The highest BCUT2D eigenvalue weighted by Gasteiger charge is 2.02. The van der Waals surface area contributed by atoms with Crippen molar-refractivity contribution in [3.63, 3.8) is 0 Å². The van der Waals surface area contributed by atoms with Crippen molar-refractivity contribution < 1.29 is 4.21 Å². The molecule has 1 aromatic rings. The molecule has 0 radical (unpaired) electrons. The quantitative estimate of drug-likeness (QED) is 0.776. The second kappa shape index (κ2) is 6.35. The van der Waals surface area contributed by atoms with Crippen LogP contribution in [0.15, 0.2) is 0 Å². The Balaban J connectivity index is 2.23. The first-order valence-corrected chi connectivity index (χ1v) is 7.42. The highest BCUT2D eigenvalue weighted by atomic mass is 32.2. The van der Waals surface area contributed by atoms with Crippen molar-refractivity contribution in [2.24, 2.45) is 0 Å². The molecule has 1 rings (SSSR count). The number of hydrogen-bond acceptors (Lipinski definition) is 4. The maximum Gasteiger partial charge on any atom is 0.107 e. The standard InChI is InChI=1S/C10H18N2OS2/c1-4-15(13)6-5-11-7-10-12-8(2)9(3)14-10/h11H,4-7H2,1-3H3. The summed E-state index contributed by atoms with van der Waals surface area (Å²) in [5.74, 6) is 1.48. The molecule has 0 fully saturated rings. The topological polar surface area (TPSA) is 42.0 Å². The minimum absolute atomic E-state index is 0.664. The summed E-state index contributed by atoms with van der Waals surface area (Å²) in [5, 5.41) is 4.38. The van der Waals surface area contributed by atoms with Crippen molar-refractivity contribution >= 4 is 22.1 Å². The zero-order chi connectivity index (χ0) is 11.3. The predicted molar refractivity (Wildman–Crippen MR) is 66.8 cm³/mol. The average Bonchev–Trinajstić information content (AvgIpc) is 2.53. The van der Waals surface area contributed by atoms with Crippen molar-refractivity contribution in [2.75, 3.05) is 18.1 Å². The second-order valence-corrected chi connectivity index (χ2v) is 6.51. The van der Waals surface area contributed by atoms with E-state index in [1.54, 1.807) is 11.3 Å². The van der Waals surface area contributed by atoms with E-state index < -0.39 is 10.8 Å². The van der Waals surface area contributed by atoms with Crippen LogP contribution in [0.3, 0.4) is 0 Å². The maximum absolute atomic E-state index is 11.1. The van der Waals surface area contributed by atoms with Gasteiger partial charge in [-0.3, -0.25) is 4.21 Å². The third-order valence-electron chi connectivity index (χ3n) is 2.18. The predicted octanol–water partition coefficient (Wildman–Crippen LogP) is 1.62. The normalized spacial score (nSPS) is 13.0. The van der Waals surface area contributed by atoms with Gasteiger partial charge in [0.1, 0.15) is 5.01 Å². The van der Waals surface area contributed by atoms with Gasteiger partial charge in [0, 0.05) is 40.3 Å². The third-order valence-corrected chi connectivity index (χ3v) is 4.55. The molecular formula is C10H18N2OS2. The van der Waals surface area contributed by atoms with E-state index in [0.29, 0.717) is 0 Å². The van der Waals surface area contributed by atoms with Gasteiger partial charge >= 0.3 is 0 Å². The van der Waals surface area contributed by atoms with Gasteiger partial charge in [0.05, 0.1) is 5.69 Å². The number of rotatable bonds is 6. The van der Waals surface area contributed by atoms with Crippen LogP contribution in [0.25, 0.3) is 0 Å². The first kappa shape index (κ1) is 12.8. The molecular weight excluding hydrogens is 228 g/mol. The van der Waals surface area contributed by atoms with Gasteiger partial charge in [-0.25, -0.2) is 4.98 Å². The van der Waals surface area contributed by atoms with Crippen LogP contribution in [-0.2, 0) is 17.3 Å². The van der Waals surface area contributed by atoms with E-state index in [2.05, 4.69) is 17.2 Å². The fourth-order valence-electron chi connectivity index (χ4n) is 1.14. The molecule has 1 aromatic heterocycles. The third kappa shape index (κ3) is 4.40. The lowest BCUT2D eigenvalue weighted by Crippen LogP contribution is -2.20. The highest BCUT2D eigenvalue weighted by Crippen LogP contribution is 2.15. The molecule has 0 aliphatic heterocycles. The van der Waals surface area contributed by atoms with Crippen LogP contribution in [0.2, 0.25) is 0 Å². The highest BCUT2D eigenvalue weighted by molar-refractivity contribution is 7.84. The minimum atomic E-state index is -0.664. The molecule has 3 nitrogen and oxygen atoms in total. The zero-order valence-electron chi connectivity index (χ0n) is 9.50. The average molecular weight is 246 g/mol. The Morgan fingerprint density at radius 2 is 2.20 bits per heavy atom. The summed E-state index contributed by atoms with van der Waals surface area (Å²) < 4.78 is 11.1. The van der Waals surface area contributed by atoms with Crippen LogP contribution in [0.4, 0.5) is 0 Å². The van der Waals surface area contributed by atoms with Crippen LogP contribution in [0.5, 0.6) is 0 Å². The summed E-state index contributed by atoms with van der Waals surface area (Å²) in [6.07, 6.45) is 0. The Labute approximate surface area is 97.8 Å². The largest absolute Gasteiger partial charge is 0.310 e. The van der Waals surface area contributed by atoms with Crippen LogP contribution in [0, 0.1) is 13.8 Å². The van der Waals surface area contributed by atoms with Crippen LogP contribution in [-0.4, -0.2) is 27.2 Å². The summed E-state index contributed by atoms with van der Waals surface area (Å²) in [6.45, 7) is 7.66. The molecule has 0 saturated heterocycles. The molecule has 86 valence electrons. The molecule has 5 heteroatoms. The van der Waals surface area contributed by atoms with Crippen molar-refractivity contribution in [3.8, 4) is 0 Å². The lowest BCUT2D eigenvalue weighted by atomic mass is 10.4. The summed E-state index contributed by atoms with van der Waals surface area (Å²) >= 11 is 1.73. The number of aromatic nitrogens is 1. The fourth-order valence-corrected chi connectivity index (χ4v) is 2.70. The van der Waals surface area contributed by atoms with Gasteiger partial charge in [-0.15, -0.1) is 11.3 Å². The molecule has 15 heavy (non-hydrogen) atoms. The first-order valence-electron chi connectivity index (χ1n) is 5.12. The van der Waals surface area contributed by atoms with Crippen molar-refractivity contribution in [1.82, 2.24) is 10.3 Å². The summed E-state index contributed by atoms with van der Waals surface area (Å²) in [6, 6.07) is 0. The van der Waals surface area contributed by atoms with Gasteiger partial charge in [0.15, 0.2) is 0 Å². The summed E-state index contributed by atoms with van der Waals surface area (Å²) in [7, 11) is -0.664. The molecule has 0 aromatic carbocycles. The molecule has 0 saturated carbocycles. The minimum Gasteiger partial charge on any atom is -0.310 e. The molecule has 1 atom stereocenters. The fraction of sp³-hybridized carbons (Fsp3) is 0.700. The van der Waals surface area contributed by atoms with E-state index >= 15 is 0 Å². The Hall–Kier alpha value is -0.260. The number of thiazole rings is 1. The van der Waals surface area contributed by atoms with E-state index in [4.69, 9.17) is 0 Å². The first-order chi connectivity index (χ1) is 7.13. The van der Waals surface area contributed by atoms with Gasteiger partial charge in [-0.1, -0.05) is 6.92 Å². The Morgan fingerprint density at radius 3 is 2.73 bits per heavy atom. The molecule has 0 spiro atoms. The van der Waals surface area contributed by atoms with Gasteiger partial charge in [-0.05, 0) is 13.8 Å². The Kier molecular flexibility index (Phi) is 5.42. The van der Waals surface area contributed by atoms with Crippen molar-refractivity contribution in [1.29, 1.82) is 0 Å². The molecule has 0 amide bonds. The van der Waals surface area contributed by atoms with Gasteiger partial charge in [0.25, 0.3) is 0 Å². The number of nitrogens with zero attached hydrogens (tertiary/aromatic N) is 1. The Bertz CT molecular complexity index is 317. The summed E-state index contributed by atoms with van der Waals surface area (Å²) in [4.78, 5) is 5.71. The Morgan fingerprint density at radius 1 is 1.47 bits per heavy atom. The summed E-state index contributed by atoms with van der Waals surface area (Å²) in [5.41, 5.74) is 1.12. The molecule has 0 bridgehead atoms. The smallest absolute Gasteiger partial charge is 0.107 e. The lowest BCUT2D eigenvalue weighted by Gasteiger charge is -2.00. The van der Waals surface area contributed by atoms with Crippen LogP contribution < -0.4 is 5.32 Å². The van der Waals surface area contributed by atoms with E-state index in [-0.39, 0.29) is 0 Å². The van der Waals surface area contributed by atoms with E-state index in [9.17, 15) is 4.21 Å². The zero-order valence-corrected chi connectivity index (χ0v) is 11.1. The van der Waals surface area contributed by atoms with Crippen molar-refractivity contribution in [3.05, 3.63) is 15.6 Å². The number of hydrogen-bond donors (Lipinski definition) is 1. The van der Waals surface area contributed by atoms with E-state index in [0.717, 1.165) is 35.3 Å². The lowest BCUT2D eigenvalue weighted by molar-refractivity contribution is 0.673. The second-order valence-electron chi connectivity index (χ2n) is 3.36. The van der Waals surface area contributed by atoms with Gasteiger partial charge in [0.2, 0.25) is 0 Å². The molecule has 1 unspecified atom stereocenters. The number of aryl methyl sites for hydroxylation is 2. The van der Waals surface area contributed by atoms with Crippen LogP contribution in [0.1, 0.15) is 22.5 Å². The van der Waals surface area contributed by atoms with E-state index in [1.165, 1.54) is 4.88 Å². The van der Waals surface area contributed by atoms with Gasteiger partial charge < -0.3 is 5.32 Å². The SMILES string of the molecule is CCS(=O)CCNCc1nc(C)c(C)s1. The molecule has 0 aliphatic rings. The molecule has 1 heterocycles. The maximum atomic E-state index is 11.1. The molecule has 0 aliphatic carbocycles. The van der Waals surface area contributed by atoms with Crippen molar-refractivity contribution in [2.45, 2.75) is 27.3 Å².